The first kappa shape index (κ1) is 18.8. The molecule has 0 radical (unpaired) electrons. The van der Waals surface area contributed by atoms with Crippen LogP contribution in [-0.4, -0.2) is 32.6 Å². The van der Waals surface area contributed by atoms with Crippen molar-refractivity contribution in [1.82, 2.24) is 0 Å². The second kappa shape index (κ2) is 7.73. The van der Waals surface area contributed by atoms with E-state index in [1.807, 2.05) is 6.92 Å². The van der Waals surface area contributed by atoms with Gasteiger partial charge in [-0.05, 0) is 31.0 Å². The number of hydrogen-bond donors (Lipinski definition) is 1. The molecule has 7 nitrogen and oxygen atoms in total. The average Bonchev–Trinajstić information content (AvgIpc) is 2.67. The molecule has 0 fully saturated rings. The number of methoxy groups -OCH3 is 2. The molecule has 1 heterocycles. The lowest BCUT2D eigenvalue weighted by molar-refractivity contribution is -0.136. The van der Waals surface area contributed by atoms with Crippen molar-refractivity contribution in [2.75, 3.05) is 20.8 Å². The maximum Gasteiger partial charge on any atom is 0.340 e. The van der Waals surface area contributed by atoms with Gasteiger partial charge in [0.05, 0.1) is 26.7 Å². The van der Waals surface area contributed by atoms with Crippen molar-refractivity contribution in [3.05, 3.63) is 46.6 Å². The fraction of sp³-hybridized carbons (Fsp3) is 0.400. The number of rotatable bonds is 5. The maximum atomic E-state index is 12.7. The summed E-state index contributed by atoms with van der Waals surface area (Å²) in [5.41, 5.74) is 7.31. The van der Waals surface area contributed by atoms with E-state index in [0.717, 1.165) is 0 Å². The average molecular weight is 373 g/mol. The topological polar surface area (TPSA) is 97.1 Å². The first-order valence-electron chi connectivity index (χ1n) is 8.84. The van der Waals surface area contributed by atoms with Crippen LogP contribution in [0.15, 0.2) is 41.0 Å². The minimum absolute atomic E-state index is 0.0341. The van der Waals surface area contributed by atoms with E-state index in [0.29, 0.717) is 54.3 Å². The molecule has 0 bridgehead atoms. The van der Waals surface area contributed by atoms with Crippen LogP contribution in [-0.2, 0) is 19.1 Å². The zero-order valence-corrected chi connectivity index (χ0v) is 15.7. The number of ether oxygens (including phenoxy) is 4. The van der Waals surface area contributed by atoms with Crippen molar-refractivity contribution in [2.45, 2.75) is 32.1 Å². The van der Waals surface area contributed by atoms with Gasteiger partial charge in [0, 0.05) is 18.4 Å². The minimum atomic E-state index is -0.668. The van der Waals surface area contributed by atoms with E-state index >= 15 is 0 Å². The van der Waals surface area contributed by atoms with Crippen molar-refractivity contribution in [1.29, 1.82) is 0 Å². The Hall–Kier alpha value is -2.96. The summed E-state index contributed by atoms with van der Waals surface area (Å²) in [6.07, 6.45) is 1.69. The minimum Gasteiger partial charge on any atom is -0.493 e. The first-order chi connectivity index (χ1) is 13.0. The highest BCUT2D eigenvalue weighted by molar-refractivity contribution is 6.03. The molecule has 0 unspecified atom stereocenters. The Kier molecular flexibility index (Phi) is 5.39. The predicted molar refractivity (Wildman–Crippen MR) is 97.1 cm³/mol. The van der Waals surface area contributed by atoms with Crippen LogP contribution in [0.2, 0.25) is 0 Å². The maximum absolute atomic E-state index is 12.7. The van der Waals surface area contributed by atoms with Gasteiger partial charge < -0.3 is 24.7 Å². The molecule has 1 aromatic carbocycles. The van der Waals surface area contributed by atoms with Crippen LogP contribution in [0.3, 0.4) is 0 Å². The van der Waals surface area contributed by atoms with Crippen LogP contribution < -0.4 is 15.2 Å². The van der Waals surface area contributed by atoms with Crippen molar-refractivity contribution >= 4 is 11.8 Å². The van der Waals surface area contributed by atoms with Crippen molar-refractivity contribution in [2.24, 2.45) is 5.73 Å². The molecule has 2 N–H and O–H groups in total. The van der Waals surface area contributed by atoms with Gasteiger partial charge in [0.1, 0.15) is 11.3 Å². The normalized spacial score (nSPS) is 19.4. The van der Waals surface area contributed by atoms with Crippen LogP contribution in [0.25, 0.3) is 0 Å². The molecule has 1 atom stereocenters. The Morgan fingerprint density at radius 1 is 1.26 bits per heavy atom. The number of nitrogens with two attached hydrogens (primary N) is 1. The molecular formula is C20H23NO6. The standard InChI is InChI=1S/C20H23NO6/c1-4-26-13-9-8-11(10-15(13)24-2)16-17-12(22)6-5-7-14(17)27-19(21)18(16)20(23)25-3/h8-10,16H,4-7,21H2,1-3H3/t16-/m0/s1. The number of benzene rings is 1. The summed E-state index contributed by atoms with van der Waals surface area (Å²) in [6.45, 7) is 2.36. The summed E-state index contributed by atoms with van der Waals surface area (Å²) >= 11 is 0. The number of esters is 1. The SMILES string of the molecule is CCOc1ccc([C@@H]2C(C(=O)OC)=C(N)OC3=C2C(=O)CCC3)cc1OC. The smallest absolute Gasteiger partial charge is 0.340 e. The number of allylic oxidation sites excluding steroid dienone is 2. The van der Waals surface area contributed by atoms with Crippen molar-refractivity contribution in [3.8, 4) is 11.5 Å². The summed E-state index contributed by atoms with van der Waals surface area (Å²) in [7, 11) is 2.80. The van der Waals surface area contributed by atoms with E-state index in [1.54, 1.807) is 18.2 Å². The van der Waals surface area contributed by atoms with E-state index in [4.69, 9.17) is 24.7 Å². The van der Waals surface area contributed by atoms with Gasteiger partial charge >= 0.3 is 5.97 Å². The molecule has 27 heavy (non-hydrogen) atoms. The largest absolute Gasteiger partial charge is 0.493 e. The summed E-state index contributed by atoms with van der Waals surface area (Å²) in [5, 5.41) is 0. The fourth-order valence-corrected chi connectivity index (χ4v) is 3.54. The van der Waals surface area contributed by atoms with Crippen LogP contribution in [0.1, 0.15) is 37.7 Å². The molecule has 0 amide bonds. The van der Waals surface area contributed by atoms with E-state index < -0.39 is 11.9 Å². The molecule has 1 aliphatic carbocycles. The lowest BCUT2D eigenvalue weighted by Gasteiger charge is -2.32. The number of carbonyl (C=O) groups excluding carboxylic acids is 2. The molecule has 0 saturated carbocycles. The highest BCUT2D eigenvalue weighted by atomic mass is 16.5. The Bertz CT molecular complexity index is 839. The molecule has 0 saturated heterocycles. The summed E-state index contributed by atoms with van der Waals surface area (Å²) in [6, 6.07) is 5.31. The lowest BCUT2D eigenvalue weighted by atomic mass is 9.77. The van der Waals surface area contributed by atoms with Crippen molar-refractivity contribution in [3.63, 3.8) is 0 Å². The molecule has 1 aromatic rings. The Morgan fingerprint density at radius 3 is 2.70 bits per heavy atom. The Labute approximate surface area is 157 Å². The Balaban J connectivity index is 2.17. The molecule has 144 valence electrons. The number of hydrogen-bond acceptors (Lipinski definition) is 7. The fourth-order valence-electron chi connectivity index (χ4n) is 3.54. The highest BCUT2D eigenvalue weighted by Crippen LogP contribution is 2.45. The third kappa shape index (κ3) is 3.37. The Morgan fingerprint density at radius 2 is 2.04 bits per heavy atom. The molecule has 1 aliphatic heterocycles. The number of carbonyl (C=O) groups is 2. The molecule has 7 heteroatoms. The van der Waals surface area contributed by atoms with Gasteiger partial charge in [-0.2, -0.15) is 0 Å². The molecule has 3 rings (SSSR count). The van der Waals surface area contributed by atoms with Crippen LogP contribution in [0.5, 0.6) is 11.5 Å². The lowest BCUT2D eigenvalue weighted by Crippen LogP contribution is -2.31. The second-order valence-corrected chi connectivity index (χ2v) is 6.26. The zero-order valence-electron chi connectivity index (χ0n) is 15.7. The van der Waals surface area contributed by atoms with Crippen molar-refractivity contribution < 1.29 is 28.5 Å². The third-order valence-corrected chi connectivity index (χ3v) is 4.71. The quantitative estimate of drug-likeness (QED) is 0.792. The predicted octanol–water partition coefficient (Wildman–Crippen LogP) is 2.56. The highest BCUT2D eigenvalue weighted by Gasteiger charge is 2.41. The van der Waals surface area contributed by atoms with E-state index in [-0.39, 0.29) is 17.2 Å². The molecule has 2 aliphatic rings. The van der Waals surface area contributed by atoms with Gasteiger partial charge in [0.15, 0.2) is 17.3 Å². The van der Waals surface area contributed by atoms with Gasteiger partial charge in [-0.1, -0.05) is 6.07 Å². The van der Waals surface area contributed by atoms with Crippen LogP contribution in [0, 0.1) is 0 Å². The van der Waals surface area contributed by atoms with Gasteiger partial charge in [0.2, 0.25) is 5.88 Å². The van der Waals surface area contributed by atoms with E-state index in [9.17, 15) is 9.59 Å². The summed E-state index contributed by atoms with van der Waals surface area (Å²) in [4.78, 5) is 25.1. The van der Waals surface area contributed by atoms with Gasteiger partial charge in [-0.15, -0.1) is 0 Å². The molecule has 0 spiro atoms. The summed E-state index contributed by atoms with van der Waals surface area (Å²) < 4.78 is 21.5. The third-order valence-electron chi connectivity index (χ3n) is 4.71. The van der Waals surface area contributed by atoms with E-state index in [1.165, 1.54) is 14.2 Å². The monoisotopic (exact) mass is 373 g/mol. The van der Waals surface area contributed by atoms with Gasteiger partial charge in [0.25, 0.3) is 0 Å². The van der Waals surface area contributed by atoms with Gasteiger partial charge in [-0.25, -0.2) is 4.79 Å². The van der Waals surface area contributed by atoms with E-state index in [2.05, 4.69) is 0 Å². The van der Waals surface area contributed by atoms with Crippen LogP contribution in [0.4, 0.5) is 0 Å². The van der Waals surface area contributed by atoms with Gasteiger partial charge in [-0.3, -0.25) is 4.79 Å². The molecule has 0 aromatic heterocycles. The number of Topliss-reactive ketones (excluding diaryl/α,β-unsaturated/α-hetero) is 1. The summed E-state index contributed by atoms with van der Waals surface area (Å²) in [5.74, 6) is 0.227. The second-order valence-electron chi connectivity index (χ2n) is 6.26. The van der Waals surface area contributed by atoms with Crippen LogP contribution >= 0.6 is 0 Å². The zero-order chi connectivity index (χ0) is 19.6. The number of ketones is 1. The first-order valence-corrected chi connectivity index (χ1v) is 8.84. The molecular weight excluding hydrogens is 350 g/mol.